The summed E-state index contributed by atoms with van der Waals surface area (Å²) in [5.74, 6) is 0.842. The molecule has 1 N–H and O–H groups in total. The Kier molecular flexibility index (Phi) is 5.35. The zero-order valence-corrected chi connectivity index (χ0v) is 8.54. The van der Waals surface area contributed by atoms with Gasteiger partial charge in [-0.15, -0.1) is 0 Å². The van der Waals surface area contributed by atoms with Crippen molar-refractivity contribution in [1.82, 2.24) is 4.90 Å². The highest BCUT2D eigenvalue weighted by Crippen LogP contribution is 2.18. The van der Waals surface area contributed by atoms with Crippen molar-refractivity contribution >= 4 is 0 Å². The molecule has 1 heterocycles. The number of likely N-dealkylation sites (N-methyl/N-ethyl adjacent to an activating group) is 1. The van der Waals surface area contributed by atoms with E-state index >= 15 is 0 Å². The predicted molar refractivity (Wildman–Crippen MR) is 52.7 cm³/mol. The third-order valence-electron chi connectivity index (χ3n) is 2.74. The summed E-state index contributed by atoms with van der Waals surface area (Å²) in [6.07, 6.45) is 3.68. The molecule has 1 saturated heterocycles. The van der Waals surface area contributed by atoms with E-state index in [1.54, 1.807) is 0 Å². The molecule has 0 aromatic carbocycles. The minimum Gasteiger partial charge on any atom is -0.395 e. The normalized spacial score (nSPS) is 19.6. The Morgan fingerprint density at radius 2 is 2.00 bits per heavy atom. The number of rotatable bonds is 5. The summed E-state index contributed by atoms with van der Waals surface area (Å²) in [7, 11) is 2.07. The highest BCUT2D eigenvalue weighted by molar-refractivity contribution is 4.65. The quantitative estimate of drug-likeness (QED) is 0.688. The van der Waals surface area contributed by atoms with Crippen molar-refractivity contribution in [2.45, 2.75) is 19.3 Å². The van der Waals surface area contributed by atoms with E-state index < -0.39 is 0 Å². The molecule has 0 atom stereocenters. The molecule has 3 heteroatoms. The summed E-state index contributed by atoms with van der Waals surface area (Å²) in [5.41, 5.74) is 0. The van der Waals surface area contributed by atoms with E-state index in [1.165, 1.54) is 19.3 Å². The Morgan fingerprint density at radius 3 is 2.62 bits per heavy atom. The molecule has 78 valence electrons. The molecule has 1 rings (SSSR count). The van der Waals surface area contributed by atoms with E-state index in [0.717, 1.165) is 32.2 Å². The van der Waals surface area contributed by atoms with Crippen LogP contribution >= 0.6 is 0 Å². The van der Waals surface area contributed by atoms with Crippen LogP contribution in [0.2, 0.25) is 0 Å². The molecular weight excluding hydrogens is 166 g/mol. The minimum absolute atomic E-state index is 0.268. The third-order valence-corrected chi connectivity index (χ3v) is 2.74. The molecule has 1 aliphatic rings. The summed E-state index contributed by atoms with van der Waals surface area (Å²) in [6, 6.07) is 0. The average Bonchev–Trinajstić information content (AvgIpc) is 2.17. The lowest BCUT2D eigenvalue weighted by Crippen LogP contribution is -2.26. The molecule has 1 aliphatic heterocycles. The smallest absolute Gasteiger partial charge is 0.0558 e. The molecule has 0 aromatic heterocycles. The topological polar surface area (TPSA) is 32.7 Å². The third kappa shape index (κ3) is 4.60. The molecule has 0 spiro atoms. The number of ether oxygens (including phenoxy) is 1. The van der Waals surface area contributed by atoms with Gasteiger partial charge in [0.2, 0.25) is 0 Å². The van der Waals surface area contributed by atoms with Crippen LogP contribution in [0.3, 0.4) is 0 Å². The Balaban J connectivity index is 2.03. The van der Waals surface area contributed by atoms with Crippen molar-refractivity contribution in [1.29, 1.82) is 0 Å². The minimum atomic E-state index is 0.268. The first-order valence-electron chi connectivity index (χ1n) is 5.20. The monoisotopic (exact) mass is 187 g/mol. The highest BCUT2D eigenvalue weighted by Gasteiger charge is 2.13. The second kappa shape index (κ2) is 6.35. The Hall–Kier alpha value is -0.120. The highest BCUT2D eigenvalue weighted by atomic mass is 16.5. The standard InChI is InChI=1S/C10H21NO2/c1-11(6-7-12)5-2-10-3-8-13-9-4-10/h10,12H,2-9H2,1H3. The van der Waals surface area contributed by atoms with Crippen LogP contribution < -0.4 is 0 Å². The summed E-state index contributed by atoms with van der Waals surface area (Å²) < 4.78 is 5.30. The van der Waals surface area contributed by atoms with Crippen molar-refractivity contribution in [3.63, 3.8) is 0 Å². The molecule has 13 heavy (non-hydrogen) atoms. The second-order valence-corrected chi connectivity index (χ2v) is 3.87. The maximum absolute atomic E-state index is 8.71. The number of hydrogen-bond donors (Lipinski definition) is 1. The molecular formula is C10H21NO2. The molecule has 0 aromatic rings. The first-order valence-corrected chi connectivity index (χ1v) is 5.20. The molecule has 0 aliphatic carbocycles. The van der Waals surface area contributed by atoms with Gasteiger partial charge < -0.3 is 14.7 Å². The van der Waals surface area contributed by atoms with E-state index in [9.17, 15) is 0 Å². The van der Waals surface area contributed by atoms with Crippen molar-refractivity contribution in [3.05, 3.63) is 0 Å². The Bertz CT molecular complexity index is 124. The van der Waals surface area contributed by atoms with E-state index in [1.807, 2.05) is 0 Å². The second-order valence-electron chi connectivity index (χ2n) is 3.87. The van der Waals surface area contributed by atoms with Crippen LogP contribution in [0, 0.1) is 5.92 Å². The number of hydrogen-bond acceptors (Lipinski definition) is 3. The van der Waals surface area contributed by atoms with Gasteiger partial charge in [-0.3, -0.25) is 0 Å². The van der Waals surface area contributed by atoms with E-state index in [-0.39, 0.29) is 6.61 Å². The average molecular weight is 187 g/mol. The molecule has 0 radical (unpaired) electrons. The summed E-state index contributed by atoms with van der Waals surface area (Å²) in [4.78, 5) is 2.19. The van der Waals surface area contributed by atoms with Gasteiger partial charge in [-0.1, -0.05) is 0 Å². The van der Waals surface area contributed by atoms with Crippen molar-refractivity contribution in [2.75, 3.05) is 40.0 Å². The van der Waals surface area contributed by atoms with Gasteiger partial charge in [0.25, 0.3) is 0 Å². The van der Waals surface area contributed by atoms with Gasteiger partial charge >= 0.3 is 0 Å². The molecule has 0 amide bonds. The van der Waals surface area contributed by atoms with Crippen molar-refractivity contribution in [2.24, 2.45) is 5.92 Å². The molecule has 0 saturated carbocycles. The van der Waals surface area contributed by atoms with Crippen LogP contribution in [-0.2, 0) is 4.74 Å². The molecule has 3 nitrogen and oxygen atoms in total. The summed E-state index contributed by atoms with van der Waals surface area (Å²) in [6.45, 7) is 4.04. The first kappa shape index (κ1) is 11.0. The largest absolute Gasteiger partial charge is 0.395 e. The molecule has 0 bridgehead atoms. The Morgan fingerprint density at radius 1 is 1.31 bits per heavy atom. The van der Waals surface area contributed by atoms with Gasteiger partial charge in [0.1, 0.15) is 0 Å². The first-order chi connectivity index (χ1) is 6.33. The molecule has 0 unspecified atom stereocenters. The summed E-state index contributed by atoms with van der Waals surface area (Å²) >= 11 is 0. The van der Waals surface area contributed by atoms with E-state index in [4.69, 9.17) is 9.84 Å². The number of aliphatic hydroxyl groups is 1. The van der Waals surface area contributed by atoms with Crippen LogP contribution in [0.25, 0.3) is 0 Å². The van der Waals surface area contributed by atoms with Crippen molar-refractivity contribution < 1.29 is 9.84 Å². The van der Waals surface area contributed by atoms with Gasteiger partial charge in [0.15, 0.2) is 0 Å². The lowest BCUT2D eigenvalue weighted by Gasteiger charge is -2.24. The van der Waals surface area contributed by atoms with Crippen LogP contribution in [0.15, 0.2) is 0 Å². The van der Waals surface area contributed by atoms with Gasteiger partial charge in [-0.25, -0.2) is 0 Å². The SMILES string of the molecule is CN(CCO)CCC1CCOCC1. The molecule has 1 fully saturated rings. The fourth-order valence-electron chi connectivity index (χ4n) is 1.72. The van der Waals surface area contributed by atoms with Gasteiger partial charge in [-0.05, 0) is 38.8 Å². The number of nitrogens with zero attached hydrogens (tertiary/aromatic N) is 1. The zero-order valence-electron chi connectivity index (χ0n) is 8.54. The van der Waals surface area contributed by atoms with Gasteiger partial charge in [0, 0.05) is 19.8 Å². The lowest BCUT2D eigenvalue weighted by atomic mass is 9.96. The van der Waals surface area contributed by atoms with Gasteiger partial charge in [-0.2, -0.15) is 0 Å². The van der Waals surface area contributed by atoms with Gasteiger partial charge in [0.05, 0.1) is 6.61 Å². The lowest BCUT2D eigenvalue weighted by molar-refractivity contribution is 0.0604. The van der Waals surface area contributed by atoms with Crippen LogP contribution in [-0.4, -0.2) is 50.0 Å². The maximum Gasteiger partial charge on any atom is 0.0558 e. The van der Waals surface area contributed by atoms with E-state index in [0.29, 0.717) is 0 Å². The maximum atomic E-state index is 8.71. The summed E-state index contributed by atoms with van der Waals surface area (Å²) in [5, 5.41) is 8.71. The van der Waals surface area contributed by atoms with Crippen LogP contribution in [0.1, 0.15) is 19.3 Å². The fraction of sp³-hybridized carbons (Fsp3) is 1.00. The van der Waals surface area contributed by atoms with Crippen LogP contribution in [0.5, 0.6) is 0 Å². The van der Waals surface area contributed by atoms with E-state index in [2.05, 4.69) is 11.9 Å². The predicted octanol–water partition coefficient (Wildman–Crippen LogP) is 0.727. The Labute approximate surface area is 80.7 Å². The van der Waals surface area contributed by atoms with Crippen LogP contribution in [0.4, 0.5) is 0 Å². The number of aliphatic hydroxyl groups excluding tert-OH is 1. The van der Waals surface area contributed by atoms with Crippen molar-refractivity contribution in [3.8, 4) is 0 Å². The zero-order chi connectivity index (χ0) is 9.52. The fourth-order valence-corrected chi connectivity index (χ4v) is 1.72.